The Balaban J connectivity index is 2.63. The monoisotopic (exact) mass is 321 g/mol. The highest BCUT2D eigenvalue weighted by molar-refractivity contribution is 7.87. The van der Waals surface area contributed by atoms with E-state index in [-0.39, 0.29) is 12.5 Å². The van der Waals surface area contributed by atoms with Crippen LogP contribution in [-0.2, 0) is 14.9 Å². The number of hydrogen-bond donors (Lipinski definition) is 2. The van der Waals surface area contributed by atoms with E-state index in [1.54, 1.807) is 6.92 Å². The van der Waals surface area contributed by atoms with Gasteiger partial charge < -0.3 is 10.1 Å². The van der Waals surface area contributed by atoms with E-state index in [4.69, 9.17) is 0 Å². The van der Waals surface area contributed by atoms with Crippen LogP contribution in [0.1, 0.15) is 40.0 Å². The molecule has 0 saturated carbocycles. The van der Waals surface area contributed by atoms with Crippen molar-refractivity contribution >= 4 is 16.3 Å². The molecule has 21 heavy (non-hydrogen) atoms. The topological polar surface area (TPSA) is 87.7 Å². The molecule has 1 fully saturated rings. The zero-order valence-electron chi connectivity index (χ0n) is 13.1. The maximum absolute atomic E-state index is 12.1. The number of carbonyl (C=O) groups is 1. The molecule has 0 spiro atoms. The molecule has 2 unspecified atom stereocenters. The Hall–Kier alpha value is -0.860. The number of piperidine rings is 1. The lowest BCUT2D eigenvalue weighted by atomic mass is 9.91. The first-order valence-corrected chi connectivity index (χ1v) is 9.06. The van der Waals surface area contributed by atoms with E-state index in [1.165, 1.54) is 4.31 Å². The molecule has 124 valence electrons. The Labute approximate surface area is 127 Å². The lowest BCUT2D eigenvalue weighted by Crippen LogP contribution is -2.54. The Morgan fingerprint density at radius 3 is 2.62 bits per heavy atom. The summed E-state index contributed by atoms with van der Waals surface area (Å²) >= 11 is 0. The normalized spacial score (nSPS) is 23.8. The van der Waals surface area contributed by atoms with Crippen LogP contribution < -0.4 is 10.0 Å². The number of rotatable bonds is 7. The molecule has 0 aromatic rings. The Kier molecular flexibility index (Phi) is 7.41. The molecule has 0 aromatic heterocycles. The fourth-order valence-corrected chi connectivity index (χ4v) is 3.69. The summed E-state index contributed by atoms with van der Waals surface area (Å²) in [5.74, 6) is 0.254. The van der Waals surface area contributed by atoms with Gasteiger partial charge >= 0.3 is 16.3 Å². The Morgan fingerprint density at radius 1 is 1.33 bits per heavy atom. The summed E-state index contributed by atoms with van der Waals surface area (Å²) < 4.78 is 32.2. The highest BCUT2D eigenvalue weighted by Gasteiger charge is 2.34. The van der Waals surface area contributed by atoms with Gasteiger partial charge in [-0.25, -0.2) is 9.52 Å². The minimum absolute atomic E-state index is 0.141. The van der Waals surface area contributed by atoms with E-state index in [2.05, 4.69) is 23.9 Å². The van der Waals surface area contributed by atoms with E-state index in [9.17, 15) is 13.2 Å². The lowest BCUT2D eigenvalue weighted by Gasteiger charge is -2.37. The van der Waals surface area contributed by atoms with Crippen LogP contribution in [0.2, 0.25) is 0 Å². The number of hydrogen-bond acceptors (Lipinski definition) is 5. The standard InChI is InChI=1S/C13H27N3O4S/c1-4-8-14-12-7-9-16(10-11(12)5-2)21(18,19)15-13(17)20-6-3/h11-12,14H,4-10H2,1-3H3,(H,15,17). The third-order valence-electron chi connectivity index (χ3n) is 3.71. The largest absolute Gasteiger partial charge is 0.449 e. The fraction of sp³-hybridized carbons (Fsp3) is 0.923. The van der Waals surface area contributed by atoms with Crippen LogP contribution in [0.25, 0.3) is 0 Å². The second-order valence-electron chi connectivity index (χ2n) is 5.20. The number of nitrogens with one attached hydrogen (secondary N) is 2. The van der Waals surface area contributed by atoms with Gasteiger partial charge in [0.2, 0.25) is 0 Å². The minimum atomic E-state index is -3.81. The number of nitrogens with zero attached hydrogens (tertiary/aromatic N) is 1. The van der Waals surface area contributed by atoms with Crippen molar-refractivity contribution in [2.75, 3.05) is 26.2 Å². The molecule has 7 nitrogen and oxygen atoms in total. The second kappa shape index (κ2) is 8.55. The molecule has 0 aliphatic carbocycles. The predicted octanol–water partition coefficient (Wildman–Crippen LogP) is 1.08. The summed E-state index contributed by atoms with van der Waals surface area (Å²) in [7, 11) is -3.81. The lowest BCUT2D eigenvalue weighted by molar-refractivity contribution is 0.156. The molecule has 0 radical (unpaired) electrons. The highest BCUT2D eigenvalue weighted by atomic mass is 32.2. The second-order valence-corrected chi connectivity index (χ2v) is 6.87. The van der Waals surface area contributed by atoms with E-state index in [1.807, 2.05) is 4.72 Å². The van der Waals surface area contributed by atoms with Crippen LogP contribution in [0.4, 0.5) is 4.79 Å². The first-order chi connectivity index (χ1) is 9.94. The van der Waals surface area contributed by atoms with Crippen LogP contribution in [0.5, 0.6) is 0 Å². The molecular weight excluding hydrogens is 294 g/mol. The van der Waals surface area contributed by atoms with Gasteiger partial charge in [-0.3, -0.25) is 0 Å². The van der Waals surface area contributed by atoms with Crippen LogP contribution >= 0.6 is 0 Å². The summed E-state index contributed by atoms with van der Waals surface area (Å²) in [5, 5.41) is 3.47. The van der Waals surface area contributed by atoms with Crippen molar-refractivity contribution in [1.29, 1.82) is 0 Å². The van der Waals surface area contributed by atoms with Crippen molar-refractivity contribution < 1.29 is 17.9 Å². The quantitative estimate of drug-likeness (QED) is 0.732. The number of carbonyl (C=O) groups excluding carboxylic acids is 1. The van der Waals surface area contributed by atoms with Crippen molar-refractivity contribution in [2.45, 2.75) is 46.1 Å². The third kappa shape index (κ3) is 5.44. The molecule has 2 atom stereocenters. The summed E-state index contributed by atoms with van der Waals surface area (Å²) in [4.78, 5) is 11.3. The van der Waals surface area contributed by atoms with Gasteiger partial charge in [0, 0.05) is 19.1 Å². The van der Waals surface area contributed by atoms with Gasteiger partial charge in [0.15, 0.2) is 0 Å². The molecule has 0 aromatic carbocycles. The zero-order valence-corrected chi connectivity index (χ0v) is 13.9. The highest BCUT2D eigenvalue weighted by Crippen LogP contribution is 2.22. The Bertz CT molecular complexity index is 427. The minimum Gasteiger partial charge on any atom is -0.449 e. The summed E-state index contributed by atoms with van der Waals surface area (Å²) in [6, 6.07) is 0.337. The van der Waals surface area contributed by atoms with Crippen molar-refractivity contribution in [3.05, 3.63) is 0 Å². The SMILES string of the molecule is CCCNC1CCN(S(=O)(=O)NC(=O)OCC)CC1CC. The third-order valence-corrected chi connectivity index (χ3v) is 5.14. The smallest absolute Gasteiger partial charge is 0.421 e. The van der Waals surface area contributed by atoms with Crippen LogP contribution in [0, 0.1) is 5.92 Å². The first kappa shape index (κ1) is 18.2. The molecule has 2 N–H and O–H groups in total. The van der Waals surface area contributed by atoms with E-state index in [0.717, 1.165) is 25.8 Å². The molecule has 0 bridgehead atoms. The first-order valence-electron chi connectivity index (χ1n) is 7.62. The van der Waals surface area contributed by atoms with Crippen molar-refractivity contribution in [1.82, 2.24) is 14.3 Å². The number of amides is 1. The molecule has 1 rings (SSSR count). The molecule has 1 aliphatic heterocycles. The van der Waals surface area contributed by atoms with Crippen molar-refractivity contribution in [3.63, 3.8) is 0 Å². The molecule has 1 amide bonds. The van der Waals surface area contributed by atoms with Crippen LogP contribution in [0.15, 0.2) is 0 Å². The van der Waals surface area contributed by atoms with E-state index >= 15 is 0 Å². The molecule has 8 heteroatoms. The van der Waals surface area contributed by atoms with Gasteiger partial charge in [0.1, 0.15) is 0 Å². The fourth-order valence-electron chi connectivity index (χ4n) is 2.56. The number of ether oxygens (including phenoxy) is 1. The van der Waals surface area contributed by atoms with Crippen molar-refractivity contribution in [3.8, 4) is 0 Å². The maximum atomic E-state index is 12.1. The van der Waals surface area contributed by atoms with E-state index < -0.39 is 16.3 Å². The van der Waals surface area contributed by atoms with Crippen molar-refractivity contribution in [2.24, 2.45) is 5.92 Å². The average Bonchev–Trinajstić information content (AvgIpc) is 2.44. The molecule has 1 heterocycles. The van der Waals surface area contributed by atoms with Gasteiger partial charge in [-0.05, 0) is 32.2 Å². The molecule has 1 saturated heterocycles. The van der Waals surface area contributed by atoms with Gasteiger partial charge in [0.25, 0.3) is 0 Å². The van der Waals surface area contributed by atoms with E-state index in [0.29, 0.717) is 19.1 Å². The Morgan fingerprint density at radius 2 is 2.05 bits per heavy atom. The van der Waals surface area contributed by atoms with Crippen LogP contribution in [0.3, 0.4) is 0 Å². The van der Waals surface area contributed by atoms with Gasteiger partial charge in [0.05, 0.1) is 6.61 Å². The summed E-state index contributed by atoms with van der Waals surface area (Å²) in [5.41, 5.74) is 0. The van der Waals surface area contributed by atoms with Gasteiger partial charge in [-0.1, -0.05) is 20.3 Å². The summed E-state index contributed by atoms with van der Waals surface area (Å²) in [6.45, 7) is 7.71. The summed E-state index contributed by atoms with van der Waals surface area (Å²) in [6.07, 6.45) is 1.78. The average molecular weight is 321 g/mol. The maximum Gasteiger partial charge on any atom is 0.421 e. The zero-order chi connectivity index (χ0) is 15.9. The van der Waals surface area contributed by atoms with Crippen LogP contribution in [-0.4, -0.2) is 51.1 Å². The molecule has 1 aliphatic rings. The predicted molar refractivity (Wildman–Crippen MR) is 81.1 cm³/mol. The molecular formula is C13H27N3O4S. The van der Waals surface area contributed by atoms with Gasteiger partial charge in [-0.15, -0.1) is 0 Å². The van der Waals surface area contributed by atoms with Gasteiger partial charge in [-0.2, -0.15) is 12.7 Å².